The minimum absolute atomic E-state index is 0.223. The fourth-order valence-corrected chi connectivity index (χ4v) is 3.79. The van der Waals surface area contributed by atoms with Crippen LogP contribution < -0.4 is 10.6 Å². The number of nitrogens with zero attached hydrogens (tertiary/aromatic N) is 1. The van der Waals surface area contributed by atoms with Crippen molar-refractivity contribution >= 4 is 40.0 Å². The summed E-state index contributed by atoms with van der Waals surface area (Å²) in [7, 11) is 0. The van der Waals surface area contributed by atoms with Gasteiger partial charge in [-0.25, -0.2) is 4.98 Å². The Labute approximate surface area is 192 Å². The van der Waals surface area contributed by atoms with E-state index >= 15 is 0 Å². The van der Waals surface area contributed by atoms with Crippen LogP contribution in [0.5, 0.6) is 0 Å². The summed E-state index contributed by atoms with van der Waals surface area (Å²) in [5.74, 6) is 0.735. The van der Waals surface area contributed by atoms with E-state index in [0.717, 1.165) is 22.4 Å². The molecule has 162 valence electrons. The monoisotopic (exact) mass is 443 g/mol. The fraction of sp³-hybridized carbons (Fsp3) is 0.192. The lowest BCUT2D eigenvalue weighted by Crippen LogP contribution is -2.34. The number of hydrogen-bond donors (Lipinski definition) is 2. The first-order valence-electron chi connectivity index (χ1n) is 10.5. The number of anilines is 1. The van der Waals surface area contributed by atoms with Crippen molar-refractivity contribution in [1.29, 1.82) is 0 Å². The van der Waals surface area contributed by atoms with Crippen LogP contribution in [0, 0.1) is 13.8 Å². The molecule has 0 bridgehead atoms. The lowest BCUT2D eigenvalue weighted by Gasteiger charge is -2.10. The number of benzene rings is 3. The standard InChI is InChI=1S/C26H25N3O2S/c1-15(2)18-5-7-19(8-6-18)24(30)29-26(32)27-21-9-10-23-22(14-21)28-25(31-23)20-12-16(3)11-17(4)13-20/h5-15H,1-4H3,(H2,27,29,30,32). The third-order valence-corrected chi connectivity index (χ3v) is 5.38. The van der Waals surface area contributed by atoms with E-state index in [4.69, 9.17) is 16.6 Å². The minimum Gasteiger partial charge on any atom is -0.436 e. The lowest BCUT2D eigenvalue weighted by atomic mass is 10.0. The molecule has 0 atom stereocenters. The van der Waals surface area contributed by atoms with Crippen molar-refractivity contribution in [3.8, 4) is 11.5 Å². The van der Waals surface area contributed by atoms with Gasteiger partial charge < -0.3 is 9.73 Å². The molecule has 0 aliphatic carbocycles. The molecule has 0 aliphatic heterocycles. The Morgan fingerprint density at radius 3 is 2.31 bits per heavy atom. The number of oxazole rings is 1. The van der Waals surface area contributed by atoms with Gasteiger partial charge >= 0.3 is 0 Å². The van der Waals surface area contributed by atoms with E-state index in [9.17, 15) is 4.79 Å². The number of fused-ring (bicyclic) bond motifs is 1. The van der Waals surface area contributed by atoms with E-state index < -0.39 is 0 Å². The van der Waals surface area contributed by atoms with Gasteiger partial charge in [0.15, 0.2) is 10.7 Å². The third-order valence-electron chi connectivity index (χ3n) is 5.18. The van der Waals surface area contributed by atoms with Gasteiger partial charge in [0.1, 0.15) is 5.52 Å². The van der Waals surface area contributed by atoms with Crippen LogP contribution in [0.25, 0.3) is 22.6 Å². The highest BCUT2D eigenvalue weighted by molar-refractivity contribution is 7.80. The second-order valence-electron chi connectivity index (χ2n) is 8.26. The molecule has 1 aromatic heterocycles. The van der Waals surface area contributed by atoms with Crippen molar-refractivity contribution in [1.82, 2.24) is 10.3 Å². The number of hydrogen-bond acceptors (Lipinski definition) is 4. The predicted molar refractivity (Wildman–Crippen MR) is 133 cm³/mol. The summed E-state index contributed by atoms with van der Waals surface area (Å²) in [6, 6.07) is 19.3. The SMILES string of the molecule is Cc1cc(C)cc(-c2nc3cc(NC(=S)NC(=O)c4ccc(C(C)C)cc4)ccc3o2)c1. The molecule has 0 saturated carbocycles. The van der Waals surface area contributed by atoms with Crippen LogP contribution in [0.1, 0.15) is 46.8 Å². The Hall–Kier alpha value is -3.51. The van der Waals surface area contributed by atoms with Crippen LogP contribution in [0.2, 0.25) is 0 Å². The summed E-state index contributed by atoms with van der Waals surface area (Å²) >= 11 is 5.33. The Morgan fingerprint density at radius 2 is 1.66 bits per heavy atom. The highest BCUT2D eigenvalue weighted by atomic mass is 32.1. The number of carbonyl (C=O) groups excluding carboxylic acids is 1. The summed E-state index contributed by atoms with van der Waals surface area (Å²) in [5, 5.41) is 5.99. The molecule has 4 rings (SSSR count). The van der Waals surface area contributed by atoms with Gasteiger partial charge in [-0.3, -0.25) is 10.1 Å². The molecule has 32 heavy (non-hydrogen) atoms. The molecular weight excluding hydrogens is 418 g/mol. The number of aryl methyl sites for hydroxylation is 2. The number of carbonyl (C=O) groups is 1. The van der Waals surface area contributed by atoms with Crippen LogP contribution in [0.15, 0.2) is 65.1 Å². The van der Waals surface area contributed by atoms with E-state index in [1.54, 1.807) is 0 Å². The molecule has 0 saturated heterocycles. The van der Waals surface area contributed by atoms with Crippen molar-refractivity contribution in [2.45, 2.75) is 33.6 Å². The van der Waals surface area contributed by atoms with Crippen LogP contribution in [0.4, 0.5) is 5.69 Å². The maximum absolute atomic E-state index is 12.5. The normalized spacial score (nSPS) is 11.0. The van der Waals surface area contributed by atoms with Crippen LogP contribution in [-0.4, -0.2) is 16.0 Å². The van der Waals surface area contributed by atoms with Gasteiger partial charge in [0.2, 0.25) is 5.89 Å². The molecule has 6 heteroatoms. The Kier molecular flexibility index (Phi) is 6.06. The first-order chi connectivity index (χ1) is 15.3. The van der Waals surface area contributed by atoms with Crippen LogP contribution in [-0.2, 0) is 0 Å². The fourth-order valence-electron chi connectivity index (χ4n) is 3.58. The van der Waals surface area contributed by atoms with Crippen molar-refractivity contribution in [2.75, 3.05) is 5.32 Å². The molecule has 1 heterocycles. The van der Waals surface area contributed by atoms with E-state index in [0.29, 0.717) is 28.5 Å². The van der Waals surface area contributed by atoms with Gasteiger partial charge in [-0.2, -0.15) is 0 Å². The molecule has 0 unspecified atom stereocenters. The maximum atomic E-state index is 12.5. The molecule has 0 radical (unpaired) electrons. The second-order valence-corrected chi connectivity index (χ2v) is 8.67. The zero-order chi connectivity index (χ0) is 22.8. The molecule has 0 aliphatic rings. The number of aromatic nitrogens is 1. The molecule has 1 amide bonds. The van der Waals surface area contributed by atoms with Crippen LogP contribution in [0.3, 0.4) is 0 Å². The molecule has 0 fully saturated rings. The zero-order valence-corrected chi connectivity index (χ0v) is 19.3. The summed E-state index contributed by atoms with van der Waals surface area (Å²) < 4.78 is 5.93. The molecule has 2 N–H and O–H groups in total. The number of thiocarbonyl (C=S) groups is 1. The highest BCUT2D eigenvalue weighted by Crippen LogP contribution is 2.27. The number of amides is 1. The topological polar surface area (TPSA) is 67.2 Å². The Balaban J connectivity index is 1.46. The van der Waals surface area contributed by atoms with Gasteiger partial charge in [-0.15, -0.1) is 0 Å². The highest BCUT2D eigenvalue weighted by Gasteiger charge is 2.12. The van der Waals surface area contributed by atoms with Crippen molar-refractivity contribution in [3.63, 3.8) is 0 Å². The second kappa shape index (κ2) is 8.93. The molecule has 5 nitrogen and oxygen atoms in total. The lowest BCUT2D eigenvalue weighted by molar-refractivity contribution is 0.0977. The summed E-state index contributed by atoms with van der Waals surface area (Å²) in [4.78, 5) is 17.1. The molecule has 4 aromatic rings. The zero-order valence-electron chi connectivity index (χ0n) is 18.5. The minimum atomic E-state index is -0.252. The third kappa shape index (κ3) is 4.86. The quantitative estimate of drug-likeness (QED) is 0.359. The van der Waals surface area contributed by atoms with Gasteiger partial charge in [-0.05, 0) is 80.0 Å². The van der Waals surface area contributed by atoms with Crippen molar-refractivity contribution < 1.29 is 9.21 Å². The van der Waals surface area contributed by atoms with Crippen molar-refractivity contribution in [3.05, 3.63) is 82.9 Å². The maximum Gasteiger partial charge on any atom is 0.257 e. The van der Waals surface area contributed by atoms with Crippen LogP contribution >= 0.6 is 12.2 Å². The first kappa shape index (κ1) is 21.7. The summed E-state index contributed by atoms with van der Waals surface area (Å²) in [6.07, 6.45) is 0. The summed E-state index contributed by atoms with van der Waals surface area (Å²) in [5.41, 5.74) is 7.12. The summed E-state index contributed by atoms with van der Waals surface area (Å²) in [6.45, 7) is 8.33. The van der Waals surface area contributed by atoms with Crippen molar-refractivity contribution in [2.24, 2.45) is 0 Å². The first-order valence-corrected chi connectivity index (χ1v) is 10.9. The number of rotatable bonds is 4. The van der Waals surface area contributed by atoms with Gasteiger partial charge in [0, 0.05) is 16.8 Å². The van der Waals surface area contributed by atoms with Gasteiger partial charge in [-0.1, -0.05) is 43.2 Å². The predicted octanol–water partition coefficient (Wildman–Crippen LogP) is 6.36. The van der Waals surface area contributed by atoms with E-state index in [-0.39, 0.29) is 11.0 Å². The largest absolute Gasteiger partial charge is 0.436 e. The van der Waals surface area contributed by atoms with E-state index in [2.05, 4.69) is 61.5 Å². The molecule has 0 spiro atoms. The Bertz CT molecular complexity index is 1290. The van der Waals surface area contributed by atoms with Gasteiger partial charge in [0.25, 0.3) is 5.91 Å². The average Bonchev–Trinajstić information content (AvgIpc) is 3.16. The molecular formula is C26H25N3O2S. The van der Waals surface area contributed by atoms with E-state index in [1.165, 1.54) is 5.56 Å². The number of nitrogens with one attached hydrogen (secondary N) is 2. The smallest absolute Gasteiger partial charge is 0.257 e. The van der Waals surface area contributed by atoms with Gasteiger partial charge in [0.05, 0.1) is 0 Å². The molecule has 3 aromatic carbocycles. The Morgan fingerprint density at radius 1 is 0.969 bits per heavy atom. The van der Waals surface area contributed by atoms with E-state index in [1.807, 2.05) is 42.5 Å². The average molecular weight is 444 g/mol.